The average Bonchev–Trinajstić information content (AvgIpc) is 3.60. The summed E-state index contributed by atoms with van der Waals surface area (Å²) in [7, 11) is 4.32. The number of halogens is 2. The summed E-state index contributed by atoms with van der Waals surface area (Å²) in [6.45, 7) is 1.46. The van der Waals surface area contributed by atoms with E-state index in [-0.39, 0.29) is 28.6 Å². The lowest BCUT2D eigenvalue weighted by Crippen LogP contribution is -2.15. The van der Waals surface area contributed by atoms with Crippen molar-refractivity contribution >= 4 is 10.9 Å². The van der Waals surface area contributed by atoms with Crippen LogP contribution in [0.1, 0.15) is 23.7 Å². The fraction of sp³-hybridized carbons (Fsp3) is 0.292. The van der Waals surface area contributed by atoms with Gasteiger partial charge >= 0.3 is 0 Å². The molecule has 1 fully saturated rings. The Bertz CT molecular complexity index is 1530. The maximum Gasteiger partial charge on any atom is 0.260 e. The van der Waals surface area contributed by atoms with Crippen LogP contribution in [0.25, 0.3) is 22.2 Å². The number of nitrogens with one attached hydrogen (secondary N) is 2. The number of hydrogen-bond acceptors (Lipinski definition) is 6. The molecule has 3 aromatic heterocycles. The summed E-state index contributed by atoms with van der Waals surface area (Å²) in [6, 6.07) is 2.91. The third-order valence-electron chi connectivity index (χ3n) is 5.99. The van der Waals surface area contributed by atoms with Gasteiger partial charge in [-0.05, 0) is 25.0 Å². The maximum atomic E-state index is 14.8. The van der Waals surface area contributed by atoms with Gasteiger partial charge in [-0.3, -0.25) is 14.2 Å². The highest BCUT2D eigenvalue weighted by Crippen LogP contribution is 2.32. The molecule has 180 valence electrons. The topological polar surface area (TPSA) is 99.0 Å². The van der Waals surface area contributed by atoms with Crippen molar-refractivity contribution < 1.29 is 18.3 Å². The second-order valence-corrected chi connectivity index (χ2v) is 8.10. The molecule has 0 amide bonds. The Labute approximate surface area is 198 Å². The van der Waals surface area contributed by atoms with Crippen molar-refractivity contribution in [2.45, 2.75) is 12.5 Å². The van der Waals surface area contributed by atoms with Crippen LogP contribution in [0.2, 0.25) is 0 Å². The zero-order valence-corrected chi connectivity index (χ0v) is 19.3. The minimum absolute atomic E-state index is 0.0253. The number of rotatable bonds is 4. The number of aromatic nitrogens is 5. The number of H-pyrrole nitrogens is 1. The molecule has 1 aliphatic heterocycles. The molecule has 4 aromatic rings. The van der Waals surface area contributed by atoms with Crippen LogP contribution in [0.3, 0.4) is 0 Å². The minimum atomic E-state index is -0.967. The normalized spacial score (nSPS) is 15.3. The van der Waals surface area contributed by atoms with Crippen molar-refractivity contribution in [1.82, 2.24) is 29.9 Å². The van der Waals surface area contributed by atoms with Crippen LogP contribution in [0.5, 0.6) is 11.5 Å². The highest BCUT2D eigenvalue weighted by molar-refractivity contribution is 5.95. The van der Waals surface area contributed by atoms with E-state index in [0.29, 0.717) is 23.3 Å². The van der Waals surface area contributed by atoms with Gasteiger partial charge < -0.3 is 19.8 Å². The van der Waals surface area contributed by atoms with Crippen LogP contribution in [0.4, 0.5) is 8.78 Å². The summed E-state index contributed by atoms with van der Waals surface area (Å²) < 4.78 is 43.1. The molecule has 35 heavy (non-hydrogen) atoms. The fourth-order valence-corrected chi connectivity index (χ4v) is 4.26. The number of methoxy groups -OCH3 is 2. The van der Waals surface area contributed by atoms with Gasteiger partial charge in [-0.25, -0.2) is 8.78 Å². The summed E-state index contributed by atoms with van der Waals surface area (Å²) >= 11 is 0. The van der Waals surface area contributed by atoms with Gasteiger partial charge in [0.2, 0.25) is 0 Å². The van der Waals surface area contributed by atoms with E-state index in [1.807, 2.05) is 6.07 Å². The van der Waals surface area contributed by atoms with E-state index in [1.54, 1.807) is 28.8 Å². The Morgan fingerprint density at radius 1 is 1.14 bits per heavy atom. The number of aromatic amines is 1. The number of aryl methyl sites for hydroxylation is 1. The van der Waals surface area contributed by atoms with Crippen molar-refractivity contribution in [2.24, 2.45) is 7.05 Å². The third kappa shape index (κ3) is 3.81. The number of nitrogens with zero attached hydrogens (tertiary/aromatic N) is 4. The summed E-state index contributed by atoms with van der Waals surface area (Å²) in [5, 5.41) is 12.6. The van der Waals surface area contributed by atoms with Gasteiger partial charge in [0.15, 0.2) is 23.1 Å². The van der Waals surface area contributed by atoms with Gasteiger partial charge in [0.1, 0.15) is 16.6 Å². The highest BCUT2D eigenvalue weighted by atomic mass is 19.1. The second-order valence-electron chi connectivity index (χ2n) is 8.10. The Hall–Kier alpha value is -4.17. The summed E-state index contributed by atoms with van der Waals surface area (Å²) in [4.78, 5) is 15.7. The highest BCUT2D eigenvalue weighted by Gasteiger charge is 2.26. The Balaban J connectivity index is 1.76. The van der Waals surface area contributed by atoms with Crippen LogP contribution in [0, 0.1) is 23.5 Å². The van der Waals surface area contributed by atoms with Crippen LogP contribution in [-0.2, 0) is 7.05 Å². The van der Waals surface area contributed by atoms with E-state index in [4.69, 9.17) is 9.47 Å². The molecule has 4 heterocycles. The van der Waals surface area contributed by atoms with Gasteiger partial charge in [0.25, 0.3) is 5.56 Å². The van der Waals surface area contributed by atoms with E-state index >= 15 is 0 Å². The Kier molecular flexibility index (Phi) is 5.74. The van der Waals surface area contributed by atoms with Gasteiger partial charge in [-0.2, -0.15) is 10.2 Å². The van der Waals surface area contributed by atoms with Crippen LogP contribution >= 0.6 is 0 Å². The van der Waals surface area contributed by atoms with E-state index in [0.717, 1.165) is 19.0 Å². The zero-order chi connectivity index (χ0) is 24.7. The number of ether oxygens (including phenoxy) is 2. The van der Waals surface area contributed by atoms with Crippen LogP contribution in [-0.4, -0.2) is 51.9 Å². The zero-order valence-electron chi connectivity index (χ0n) is 19.3. The molecule has 1 aliphatic rings. The van der Waals surface area contributed by atoms with Gasteiger partial charge in [0, 0.05) is 37.6 Å². The van der Waals surface area contributed by atoms with Crippen molar-refractivity contribution in [3.8, 4) is 34.6 Å². The molecule has 1 saturated heterocycles. The van der Waals surface area contributed by atoms with Gasteiger partial charge in [0.05, 0.1) is 31.5 Å². The quantitative estimate of drug-likeness (QED) is 0.435. The lowest BCUT2D eigenvalue weighted by atomic mass is 10.1. The molecule has 9 nitrogen and oxygen atoms in total. The van der Waals surface area contributed by atoms with E-state index < -0.39 is 22.8 Å². The molecule has 0 bridgehead atoms. The largest absolute Gasteiger partial charge is 0.493 e. The first kappa shape index (κ1) is 22.6. The minimum Gasteiger partial charge on any atom is -0.493 e. The molecule has 1 aromatic carbocycles. The first-order chi connectivity index (χ1) is 16.9. The maximum absolute atomic E-state index is 14.8. The molecular formula is C24H22F2N6O3. The number of fused-ring (bicyclic) bond motifs is 1. The van der Waals surface area contributed by atoms with Gasteiger partial charge in [-0.15, -0.1) is 0 Å². The standard InChI is InChI=1S/C24H22F2N6O3/c1-31-9-7-16(29-31)15-12-28-24(33)20-17(30-32(23(15)20)13-6-8-27-11-13)5-4-14-21(25)18(34-2)10-19(35-3)22(14)26/h7,9-10,12-13,27H,6,8,11H2,1-3H3,(H,28,33)/t13-/m0/s1. The monoisotopic (exact) mass is 480 g/mol. The molecule has 0 spiro atoms. The van der Waals surface area contributed by atoms with E-state index in [2.05, 4.69) is 32.3 Å². The molecule has 11 heteroatoms. The Morgan fingerprint density at radius 2 is 1.89 bits per heavy atom. The van der Waals surface area contributed by atoms with E-state index in [9.17, 15) is 13.6 Å². The molecule has 0 aliphatic carbocycles. The smallest absolute Gasteiger partial charge is 0.260 e. The summed E-state index contributed by atoms with van der Waals surface area (Å²) in [5.41, 5.74) is 1.04. The predicted molar refractivity (Wildman–Crippen MR) is 125 cm³/mol. The average molecular weight is 480 g/mol. The summed E-state index contributed by atoms with van der Waals surface area (Å²) in [5.74, 6) is 2.87. The van der Waals surface area contributed by atoms with Gasteiger partial charge in [-0.1, -0.05) is 5.92 Å². The van der Waals surface area contributed by atoms with Crippen molar-refractivity contribution in [3.05, 3.63) is 57.8 Å². The molecule has 2 N–H and O–H groups in total. The van der Waals surface area contributed by atoms with Crippen LogP contribution in [0.15, 0.2) is 29.3 Å². The lowest BCUT2D eigenvalue weighted by Gasteiger charge is -2.12. The van der Waals surface area contributed by atoms with E-state index in [1.165, 1.54) is 14.2 Å². The van der Waals surface area contributed by atoms with Crippen molar-refractivity contribution in [3.63, 3.8) is 0 Å². The molecule has 0 saturated carbocycles. The number of hydrogen-bond donors (Lipinski definition) is 2. The van der Waals surface area contributed by atoms with Crippen molar-refractivity contribution in [2.75, 3.05) is 27.3 Å². The number of benzene rings is 1. The first-order valence-electron chi connectivity index (χ1n) is 10.9. The molecule has 5 rings (SSSR count). The first-order valence-corrected chi connectivity index (χ1v) is 10.9. The molecule has 1 atom stereocenters. The SMILES string of the molecule is COc1cc(OC)c(F)c(C#Cc2nn([C@H]3CCNC3)c3c(-c4ccn(C)n4)c[nH]c(=O)c23)c1F. The van der Waals surface area contributed by atoms with Crippen LogP contribution < -0.4 is 20.3 Å². The number of pyridine rings is 1. The summed E-state index contributed by atoms with van der Waals surface area (Å²) in [6.07, 6.45) is 4.19. The third-order valence-corrected chi connectivity index (χ3v) is 5.99. The second kappa shape index (κ2) is 8.88. The Morgan fingerprint density at radius 3 is 2.49 bits per heavy atom. The fourth-order valence-electron chi connectivity index (χ4n) is 4.26. The lowest BCUT2D eigenvalue weighted by molar-refractivity contribution is 0.357. The predicted octanol–water partition coefficient (Wildman–Crippen LogP) is 2.35. The molecule has 0 unspecified atom stereocenters. The molecule has 0 radical (unpaired) electrons. The van der Waals surface area contributed by atoms with Crippen molar-refractivity contribution in [1.29, 1.82) is 0 Å². The molecular weight excluding hydrogens is 458 g/mol.